The largest absolute Gasteiger partial charge is 0.497 e. The number of fused-ring (bicyclic) bond motifs is 1. The zero-order chi connectivity index (χ0) is 19.7. The Morgan fingerprint density at radius 2 is 1.89 bits per heavy atom. The molecule has 0 fully saturated rings. The van der Waals surface area contributed by atoms with Crippen LogP contribution in [0.25, 0.3) is 0 Å². The maximum Gasteiger partial charge on any atom is 0.240 e. The minimum Gasteiger partial charge on any atom is -0.497 e. The number of aromatic nitrogens is 1. The lowest BCUT2D eigenvalue weighted by atomic mass is 10.0. The maximum absolute atomic E-state index is 13.2. The molecule has 28 heavy (non-hydrogen) atoms. The molecule has 144 valence electrons. The van der Waals surface area contributed by atoms with Gasteiger partial charge < -0.3 is 15.5 Å². The summed E-state index contributed by atoms with van der Waals surface area (Å²) in [6, 6.07) is 18.9. The van der Waals surface area contributed by atoms with Gasteiger partial charge in [0.25, 0.3) is 0 Å². The summed E-state index contributed by atoms with van der Waals surface area (Å²) in [6.45, 7) is 2.03. The average Bonchev–Trinajstić information content (AvgIpc) is 3.09. The van der Waals surface area contributed by atoms with Crippen molar-refractivity contribution in [3.8, 4) is 5.75 Å². The van der Waals surface area contributed by atoms with Crippen molar-refractivity contribution in [2.45, 2.75) is 23.2 Å². The number of nitrogens with one attached hydrogen (secondary N) is 2. The van der Waals surface area contributed by atoms with Gasteiger partial charge in [-0.3, -0.25) is 9.47 Å². The lowest BCUT2D eigenvalue weighted by Gasteiger charge is -2.34. The van der Waals surface area contributed by atoms with Gasteiger partial charge in [0.1, 0.15) is 11.0 Å². The fourth-order valence-electron chi connectivity index (χ4n) is 3.21. The lowest BCUT2D eigenvalue weighted by Crippen LogP contribution is -2.41. The number of carbonyl (C=O) groups excluding carboxylic acids is 1. The molecule has 1 amide bonds. The van der Waals surface area contributed by atoms with Crippen LogP contribution in [0.3, 0.4) is 0 Å². The third kappa shape index (κ3) is 3.57. The lowest BCUT2D eigenvalue weighted by molar-refractivity contribution is -0.116. The van der Waals surface area contributed by atoms with Gasteiger partial charge in [-0.15, -0.1) is 0 Å². The van der Waals surface area contributed by atoms with Crippen LogP contribution in [0.1, 0.15) is 17.3 Å². The zero-order valence-corrected chi connectivity index (χ0v) is 17.1. The number of rotatable bonds is 4. The molecule has 5 nitrogen and oxygen atoms in total. The fraction of sp³-hybridized carbons (Fsp3) is 0.190. The number of anilines is 1. The van der Waals surface area contributed by atoms with Crippen molar-refractivity contribution in [1.29, 1.82) is 0 Å². The van der Waals surface area contributed by atoms with Crippen molar-refractivity contribution in [2.24, 2.45) is 0 Å². The molecule has 0 saturated heterocycles. The normalized spacial score (nSPS) is 18.1. The summed E-state index contributed by atoms with van der Waals surface area (Å²) in [5.41, 5.74) is 6.20. The zero-order valence-electron chi connectivity index (χ0n) is 15.5. The third-order valence-electron chi connectivity index (χ3n) is 4.72. The van der Waals surface area contributed by atoms with Crippen LogP contribution < -0.4 is 15.5 Å². The number of ether oxygens (including phenoxy) is 1. The van der Waals surface area contributed by atoms with E-state index in [1.807, 2.05) is 60.1 Å². The van der Waals surface area contributed by atoms with E-state index in [1.165, 1.54) is 11.8 Å². The molecule has 0 saturated carbocycles. The topological polar surface area (TPSA) is 55.3 Å². The van der Waals surface area contributed by atoms with E-state index in [-0.39, 0.29) is 17.2 Å². The van der Waals surface area contributed by atoms with E-state index in [0.717, 1.165) is 22.0 Å². The first-order valence-corrected chi connectivity index (χ1v) is 10.1. The van der Waals surface area contributed by atoms with E-state index in [1.54, 1.807) is 19.2 Å². The number of carbonyl (C=O) groups is 1. The Labute approximate surface area is 173 Å². The molecular weight excluding hydrogens is 394 g/mol. The van der Waals surface area contributed by atoms with Crippen molar-refractivity contribution in [2.75, 3.05) is 17.9 Å². The van der Waals surface area contributed by atoms with Gasteiger partial charge in [0.15, 0.2) is 0 Å². The standard InChI is InChI=1S/C21H20ClN3O2S/c1-13-7-12-18-25(13)24-19(14-8-10-15(27-2)11-9-14)20(28-18)21(26)23-17-6-4-3-5-16(17)22/h3-12,19-20,24H,1-2H3,(H,23,26)/t19-,20+/m1/s1. The third-order valence-corrected chi connectivity index (χ3v) is 6.35. The Balaban J connectivity index is 1.67. The Morgan fingerprint density at radius 1 is 1.14 bits per heavy atom. The second-order valence-electron chi connectivity index (χ2n) is 6.54. The van der Waals surface area contributed by atoms with Crippen molar-refractivity contribution in [3.05, 3.63) is 76.9 Å². The highest BCUT2D eigenvalue weighted by Crippen LogP contribution is 2.39. The number of para-hydroxylation sites is 1. The molecule has 0 spiro atoms. The number of methoxy groups -OCH3 is 1. The molecule has 2 heterocycles. The highest BCUT2D eigenvalue weighted by atomic mass is 35.5. The number of thioether (sulfide) groups is 1. The monoisotopic (exact) mass is 413 g/mol. The van der Waals surface area contributed by atoms with Crippen LogP contribution in [0.15, 0.2) is 65.7 Å². The first kappa shape index (κ1) is 18.8. The number of halogens is 1. The van der Waals surface area contributed by atoms with Crippen LogP contribution in [0.5, 0.6) is 5.75 Å². The molecule has 4 rings (SSSR count). The van der Waals surface area contributed by atoms with E-state index in [2.05, 4.69) is 10.7 Å². The summed E-state index contributed by atoms with van der Waals surface area (Å²) in [7, 11) is 1.64. The van der Waals surface area contributed by atoms with Crippen LogP contribution in [-0.4, -0.2) is 22.9 Å². The number of hydrogen-bond acceptors (Lipinski definition) is 4. The molecule has 0 bridgehead atoms. The quantitative estimate of drug-likeness (QED) is 0.641. The van der Waals surface area contributed by atoms with Crippen LogP contribution in [0.2, 0.25) is 5.02 Å². The van der Waals surface area contributed by atoms with Crippen LogP contribution in [0, 0.1) is 6.92 Å². The van der Waals surface area contributed by atoms with E-state index in [0.29, 0.717) is 10.7 Å². The van der Waals surface area contributed by atoms with Crippen molar-refractivity contribution < 1.29 is 9.53 Å². The molecule has 1 aliphatic rings. The Hall–Kier alpha value is -2.57. The molecule has 1 aromatic heterocycles. The van der Waals surface area contributed by atoms with E-state index < -0.39 is 0 Å². The van der Waals surface area contributed by atoms with Gasteiger partial charge >= 0.3 is 0 Å². The second-order valence-corrected chi connectivity index (χ2v) is 8.10. The Kier molecular flexibility index (Phi) is 5.24. The van der Waals surface area contributed by atoms with Gasteiger partial charge in [0.05, 0.1) is 28.9 Å². The Bertz CT molecular complexity index is 1000. The fourth-order valence-corrected chi connectivity index (χ4v) is 4.62. The predicted molar refractivity (Wildman–Crippen MR) is 114 cm³/mol. The number of hydrogen-bond donors (Lipinski definition) is 2. The highest BCUT2D eigenvalue weighted by molar-refractivity contribution is 8.00. The highest BCUT2D eigenvalue weighted by Gasteiger charge is 2.36. The molecular formula is C21H20ClN3O2S. The predicted octanol–water partition coefficient (Wildman–Crippen LogP) is 4.86. The molecule has 0 radical (unpaired) electrons. The van der Waals surface area contributed by atoms with Gasteiger partial charge in [0.2, 0.25) is 5.91 Å². The van der Waals surface area contributed by atoms with Crippen molar-refractivity contribution in [1.82, 2.24) is 4.68 Å². The molecule has 3 aromatic rings. The molecule has 2 atom stereocenters. The second kappa shape index (κ2) is 7.81. The molecule has 0 unspecified atom stereocenters. The number of amides is 1. The summed E-state index contributed by atoms with van der Waals surface area (Å²) in [6.07, 6.45) is 0. The molecule has 1 aliphatic heterocycles. The van der Waals surface area contributed by atoms with Gasteiger partial charge in [-0.05, 0) is 48.9 Å². The molecule has 2 aromatic carbocycles. The SMILES string of the molecule is COc1ccc([C@H]2Nn3c(C)ccc3S[C@@H]2C(=O)Nc2ccccc2Cl)cc1. The first-order valence-electron chi connectivity index (χ1n) is 8.87. The van der Waals surface area contributed by atoms with E-state index in [4.69, 9.17) is 16.3 Å². The van der Waals surface area contributed by atoms with Crippen LogP contribution in [0.4, 0.5) is 5.69 Å². The first-order chi connectivity index (χ1) is 13.6. The van der Waals surface area contributed by atoms with Crippen molar-refractivity contribution >= 4 is 35.0 Å². The summed E-state index contributed by atoms with van der Waals surface area (Å²) < 4.78 is 7.29. The van der Waals surface area contributed by atoms with Crippen LogP contribution in [-0.2, 0) is 4.79 Å². The Morgan fingerprint density at radius 3 is 2.61 bits per heavy atom. The van der Waals surface area contributed by atoms with Crippen LogP contribution >= 0.6 is 23.4 Å². The van der Waals surface area contributed by atoms with Gasteiger partial charge in [0, 0.05) is 5.69 Å². The van der Waals surface area contributed by atoms with Gasteiger partial charge in [-0.25, -0.2) is 0 Å². The van der Waals surface area contributed by atoms with E-state index >= 15 is 0 Å². The summed E-state index contributed by atoms with van der Waals surface area (Å²) in [5.74, 6) is 0.679. The van der Waals surface area contributed by atoms with Gasteiger partial charge in [-0.1, -0.05) is 47.6 Å². The summed E-state index contributed by atoms with van der Waals surface area (Å²) in [4.78, 5) is 13.2. The molecule has 0 aliphatic carbocycles. The number of nitrogens with zero attached hydrogens (tertiary/aromatic N) is 1. The molecule has 7 heteroatoms. The summed E-state index contributed by atoms with van der Waals surface area (Å²) >= 11 is 7.76. The number of aryl methyl sites for hydroxylation is 1. The smallest absolute Gasteiger partial charge is 0.240 e. The minimum atomic E-state index is -0.369. The summed E-state index contributed by atoms with van der Waals surface area (Å²) in [5, 5.41) is 4.12. The minimum absolute atomic E-state index is 0.100. The molecule has 2 N–H and O–H groups in total. The van der Waals surface area contributed by atoms with E-state index in [9.17, 15) is 4.79 Å². The number of benzene rings is 2. The average molecular weight is 414 g/mol. The maximum atomic E-state index is 13.2. The van der Waals surface area contributed by atoms with Crippen molar-refractivity contribution in [3.63, 3.8) is 0 Å². The van der Waals surface area contributed by atoms with Gasteiger partial charge in [-0.2, -0.15) is 0 Å².